The van der Waals surface area contributed by atoms with E-state index in [1.165, 1.54) is 0 Å². The maximum atomic E-state index is 15.6. The van der Waals surface area contributed by atoms with Crippen LogP contribution in [0.2, 0.25) is 0 Å². The first-order chi connectivity index (χ1) is 21.0. The molecule has 9 nitrogen and oxygen atoms in total. The second kappa shape index (κ2) is 10.1. The number of ether oxygens (including phenoxy) is 1. The van der Waals surface area contributed by atoms with Crippen LogP contribution in [0.1, 0.15) is 58.8 Å². The van der Waals surface area contributed by atoms with E-state index in [1.54, 1.807) is 23.4 Å². The molecule has 0 spiro atoms. The first-order valence-corrected chi connectivity index (χ1v) is 14.8. The highest BCUT2D eigenvalue weighted by atomic mass is 19.1. The van der Waals surface area contributed by atoms with Crippen LogP contribution in [0.5, 0.6) is 0 Å². The normalized spacial score (nSPS) is 21.3. The maximum Gasteiger partial charge on any atom is 0.260 e. The molecule has 0 radical (unpaired) electrons. The van der Waals surface area contributed by atoms with Crippen LogP contribution >= 0.6 is 0 Å². The van der Waals surface area contributed by atoms with Crippen molar-refractivity contribution in [3.05, 3.63) is 88.4 Å². The van der Waals surface area contributed by atoms with Crippen molar-refractivity contribution in [2.75, 3.05) is 18.1 Å². The summed E-state index contributed by atoms with van der Waals surface area (Å²) in [4.78, 5) is 26.4. The van der Waals surface area contributed by atoms with Gasteiger partial charge >= 0.3 is 0 Å². The molecule has 0 unspecified atom stereocenters. The van der Waals surface area contributed by atoms with E-state index in [4.69, 9.17) is 16.3 Å². The predicted octanol–water partition coefficient (Wildman–Crippen LogP) is 5.63. The van der Waals surface area contributed by atoms with Crippen molar-refractivity contribution in [1.29, 1.82) is 0 Å². The summed E-state index contributed by atoms with van der Waals surface area (Å²) in [6, 6.07) is 13.3. The second-order valence-electron chi connectivity index (χ2n) is 12.0. The van der Waals surface area contributed by atoms with Gasteiger partial charge < -0.3 is 9.30 Å². The van der Waals surface area contributed by atoms with E-state index in [9.17, 15) is 4.79 Å². The molecule has 10 heteroatoms. The molecule has 2 aromatic heterocycles. The molecule has 1 aliphatic carbocycles. The Morgan fingerprint density at radius 1 is 1.07 bits per heavy atom. The van der Waals surface area contributed by atoms with Gasteiger partial charge in [-0.25, -0.2) is 14.2 Å². The number of amides is 1. The lowest BCUT2D eigenvalue weighted by Gasteiger charge is -2.22. The number of aromatic nitrogens is 4. The number of hydrogen-bond donors (Lipinski definition) is 0. The van der Waals surface area contributed by atoms with Gasteiger partial charge in [0, 0.05) is 61.1 Å². The van der Waals surface area contributed by atoms with E-state index in [2.05, 4.69) is 26.0 Å². The monoisotopic (exact) mass is 575 g/mol. The number of pyridine rings is 1. The van der Waals surface area contributed by atoms with Crippen LogP contribution in [0.4, 0.5) is 15.9 Å². The molecule has 2 aromatic carbocycles. The number of anilines is 1. The minimum Gasteiger partial charge on any atom is -0.376 e. The van der Waals surface area contributed by atoms with Gasteiger partial charge in [0.2, 0.25) is 0 Å². The van der Waals surface area contributed by atoms with Crippen LogP contribution in [0, 0.1) is 12.4 Å². The van der Waals surface area contributed by atoms with Crippen molar-refractivity contribution >= 4 is 17.4 Å². The highest BCUT2D eigenvalue weighted by Crippen LogP contribution is 2.44. The smallest absolute Gasteiger partial charge is 0.260 e. The summed E-state index contributed by atoms with van der Waals surface area (Å²) in [7, 11) is 1.86. The Bertz CT molecular complexity index is 1820. The van der Waals surface area contributed by atoms with Crippen LogP contribution in [-0.4, -0.2) is 55.9 Å². The standard InChI is InChI=1S/C33H30FN7O2/c1-35-22-5-6-23(24(15-22)32-38-36-18-39(32)2)21-13-28(20-3-4-20)37-31(14-21)41-17-26-25(33(41)42)11-19(12-27(26)34)16-40-9-7-30-29(40)8-10-43-30/h5-6,11-15,18,20,29-30H,3-4,7-10,16-17H2,2H3/t29-,30-/m1/s1. The van der Waals surface area contributed by atoms with Crippen LogP contribution < -0.4 is 4.90 Å². The van der Waals surface area contributed by atoms with Crippen molar-refractivity contribution in [3.63, 3.8) is 0 Å². The van der Waals surface area contributed by atoms with Gasteiger partial charge in [-0.05, 0) is 72.7 Å². The zero-order valence-corrected chi connectivity index (χ0v) is 23.8. The number of likely N-dealkylation sites (tertiary alicyclic amines) is 1. The fourth-order valence-corrected chi connectivity index (χ4v) is 6.90. The van der Waals surface area contributed by atoms with Crippen molar-refractivity contribution in [1.82, 2.24) is 24.6 Å². The summed E-state index contributed by atoms with van der Waals surface area (Å²) < 4.78 is 23.2. The highest BCUT2D eigenvalue weighted by molar-refractivity contribution is 6.10. The Morgan fingerprint density at radius 2 is 1.95 bits per heavy atom. The Labute approximate surface area is 248 Å². The van der Waals surface area contributed by atoms with Crippen molar-refractivity contribution in [3.8, 4) is 22.5 Å². The topological polar surface area (TPSA) is 80.7 Å². The average molecular weight is 576 g/mol. The lowest BCUT2D eigenvalue weighted by Crippen LogP contribution is -2.31. The van der Waals surface area contributed by atoms with Gasteiger partial charge in [0.25, 0.3) is 5.91 Å². The molecule has 2 atom stereocenters. The van der Waals surface area contributed by atoms with E-state index in [0.29, 0.717) is 47.0 Å². The fraction of sp³-hybridized carbons (Fsp3) is 0.364. The van der Waals surface area contributed by atoms with E-state index in [0.717, 1.165) is 66.8 Å². The average Bonchev–Trinajstić information content (AvgIpc) is 3.26. The predicted molar refractivity (Wildman–Crippen MR) is 158 cm³/mol. The summed E-state index contributed by atoms with van der Waals surface area (Å²) in [5.41, 5.74) is 5.56. The first kappa shape index (κ1) is 26.2. The summed E-state index contributed by atoms with van der Waals surface area (Å²) >= 11 is 0. The Balaban J connectivity index is 1.16. The molecule has 8 rings (SSSR count). The van der Waals surface area contributed by atoms with Gasteiger partial charge in [-0.3, -0.25) is 14.6 Å². The minimum atomic E-state index is -0.348. The highest BCUT2D eigenvalue weighted by Gasteiger charge is 2.39. The van der Waals surface area contributed by atoms with Crippen LogP contribution in [0.3, 0.4) is 0 Å². The minimum absolute atomic E-state index is 0.135. The van der Waals surface area contributed by atoms with Gasteiger partial charge in [0.05, 0.1) is 19.2 Å². The van der Waals surface area contributed by atoms with Gasteiger partial charge in [0.1, 0.15) is 18.0 Å². The molecule has 0 bridgehead atoms. The fourth-order valence-electron chi connectivity index (χ4n) is 6.90. The number of benzene rings is 2. The molecule has 5 heterocycles. The van der Waals surface area contributed by atoms with E-state index in [-0.39, 0.29) is 24.4 Å². The number of hydrogen-bond acceptors (Lipinski definition) is 6. The van der Waals surface area contributed by atoms with E-state index >= 15 is 4.39 Å². The third kappa shape index (κ3) is 4.51. The number of halogens is 1. The number of carbonyl (C=O) groups is 1. The molecule has 2 saturated heterocycles. The summed E-state index contributed by atoms with van der Waals surface area (Å²) in [6.45, 7) is 9.97. The number of nitrogens with zero attached hydrogens (tertiary/aromatic N) is 7. The van der Waals surface area contributed by atoms with Crippen molar-refractivity contribution < 1.29 is 13.9 Å². The molecule has 4 aromatic rings. The summed E-state index contributed by atoms with van der Waals surface area (Å²) in [5, 5.41) is 8.35. The molecule has 4 aliphatic rings. The zero-order chi connectivity index (χ0) is 29.2. The van der Waals surface area contributed by atoms with Crippen molar-refractivity contribution in [2.24, 2.45) is 7.05 Å². The quantitative estimate of drug-likeness (QED) is 0.277. The Kier molecular flexibility index (Phi) is 6.13. The molecule has 216 valence electrons. The molecule has 1 saturated carbocycles. The Hall–Kier alpha value is -4.46. The summed E-state index contributed by atoms with van der Waals surface area (Å²) in [6.07, 6.45) is 5.96. The number of fused-ring (bicyclic) bond motifs is 2. The molecular formula is C33H30FN7O2. The SMILES string of the molecule is [C-]#[N+]c1ccc(-c2cc(C3CC3)nc(N3Cc4c(F)cc(CN5CC[C@H]6OCC[C@H]65)cc4C3=O)c2)c(-c2nncn2C)c1. The maximum absolute atomic E-state index is 15.6. The van der Waals surface area contributed by atoms with E-state index in [1.807, 2.05) is 35.9 Å². The van der Waals surface area contributed by atoms with Crippen LogP contribution in [-0.2, 0) is 24.9 Å². The van der Waals surface area contributed by atoms with Crippen LogP contribution in [0.25, 0.3) is 27.4 Å². The lowest BCUT2D eigenvalue weighted by molar-refractivity contribution is 0.0995. The van der Waals surface area contributed by atoms with Gasteiger partial charge in [0.15, 0.2) is 11.5 Å². The Morgan fingerprint density at radius 3 is 2.74 bits per heavy atom. The molecule has 0 N–H and O–H groups in total. The zero-order valence-electron chi connectivity index (χ0n) is 23.8. The van der Waals surface area contributed by atoms with Gasteiger partial charge in [-0.2, -0.15) is 0 Å². The van der Waals surface area contributed by atoms with Crippen molar-refractivity contribution in [2.45, 2.75) is 56.8 Å². The molecule has 43 heavy (non-hydrogen) atoms. The van der Waals surface area contributed by atoms with Gasteiger partial charge in [-0.1, -0.05) is 12.1 Å². The first-order valence-electron chi connectivity index (χ1n) is 14.8. The molecule has 3 fully saturated rings. The third-order valence-electron chi connectivity index (χ3n) is 9.28. The largest absolute Gasteiger partial charge is 0.376 e. The van der Waals surface area contributed by atoms with E-state index < -0.39 is 0 Å². The molecular weight excluding hydrogens is 545 g/mol. The lowest BCUT2D eigenvalue weighted by atomic mass is 9.97. The molecule has 1 amide bonds. The van der Waals surface area contributed by atoms with Gasteiger partial charge in [-0.15, -0.1) is 10.2 Å². The number of carbonyl (C=O) groups excluding carboxylic acids is 1. The van der Waals surface area contributed by atoms with Crippen LogP contribution in [0.15, 0.2) is 48.8 Å². The second-order valence-corrected chi connectivity index (χ2v) is 12.0. The number of aryl methyl sites for hydroxylation is 1. The number of rotatable bonds is 6. The third-order valence-corrected chi connectivity index (χ3v) is 9.28. The molecule has 3 aliphatic heterocycles. The summed E-state index contributed by atoms with van der Waals surface area (Å²) in [5.74, 6) is 0.888.